The quantitative estimate of drug-likeness (QED) is 0.445. The number of carbonyl (C=O) groups is 1. The summed E-state index contributed by atoms with van der Waals surface area (Å²) in [4.78, 5) is 23.9. The first-order chi connectivity index (χ1) is 15.3. The van der Waals surface area contributed by atoms with Crippen LogP contribution in [0.15, 0.2) is 83.8 Å². The minimum Gasteiger partial charge on any atom is -0.334 e. The fraction of sp³-hybridized carbons (Fsp3) is 0.160. The average Bonchev–Trinajstić information content (AvgIpc) is 2.79. The Bertz CT molecular complexity index is 1390. The van der Waals surface area contributed by atoms with Gasteiger partial charge in [0.25, 0.3) is 5.91 Å². The van der Waals surface area contributed by atoms with Gasteiger partial charge in [0, 0.05) is 23.7 Å². The minimum atomic E-state index is -3.50. The van der Waals surface area contributed by atoms with E-state index >= 15 is 0 Å². The van der Waals surface area contributed by atoms with E-state index in [9.17, 15) is 13.2 Å². The molecule has 1 amide bonds. The van der Waals surface area contributed by atoms with Gasteiger partial charge in [-0.25, -0.2) is 18.4 Å². The zero-order chi connectivity index (χ0) is 22.7. The van der Waals surface area contributed by atoms with Crippen molar-refractivity contribution < 1.29 is 13.2 Å². The van der Waals surface area contributed by atoms with Crippen molar-refractivity contribution in [3.63, 3.8) is 0 Å². The summed E-state index contributed by atoms with van der Waals surface area (Å²) in [6.07, 6.45) is 0. The third kappa shape index (κ3) is 4.68. The van der Waals surface area contributed by atoms with Gasteiger partial charge in [0.2, 0.25) is 0 Å². The molecule has 1 aromatic heterocycles. The molecule has 3 aromatic carbocycles. The molecule has 0 aliphatic rings. The van der Waals surface area contributed by atoms with Crippen LogP contribution < -0.4 is 0 Å². The van der Waals surface area contributed by atoms with Crippen LogP contribution in [-0.4, -0.2) is 36.2 Å². The number of nitrogens with zero attached hydrogens (tertiary/aromatic N) is 3. The van der Waals surface area contributed by atoms with E-state index in [1.54, 1.807) is 61.6 Å². The maximum absolute atomic E-state index is 13.0. The summed E-state index contributed by atoms with van der Waals surface area (Å²) in [6.45, 7) is 2.17. The topological polar surface area (TPSA) is 80.2 Å². The Labute approximate surface area is 187 Å². The molecule has 0 fully saturated rings. The second kappa shape index (κ2) is 8.88. The van der Waals surface area contributed by atoms with Gasteiger partial charge in [0.15, 0.2) is 9.84 Å². The standard InChI is InChI=1S/C25H23N3O3S/c1-18-22-13-6-7-14-23(22)27-24(26-18)16-28(2)25(29)20-10-8-9-19(15-20)17-32(30,31)21-11-4-3-5-12-21/h3-15H,16-17H2,1-2H3. The molecule has 32 heavy (non-hydrogen) atoms. The van der Waals surface area contributed by atoms with E-state index in [1.165, 1.54) is 4.90 Å². The summed E-state index contributed by atoms with van der Waals surface area (Å²) < 4.78 is 25.4. The van der Waals surface area contributed by atoms with Crippen LogP contribution >= 0.6 is 0 Å². The van der Waals surface area contributed by atoms with Crippen LogP contribution in [0.1, 0.15) is 27.4 Å². The van der Waals surface area contributed by atoms with Gasteiger partial charge in [-0.3, -0.25) is 4.79 Å². The van der Waals surface area contributed by atoms with E-state index in [0.717, 1.165) is 16.6 Å². The monoisotopic (exact) mass is 445 g/mol. The first-order valence-electron chi connectivity index (χ1n) is 10.2. The fourth-order valence-corrected chi connectivity index (χ4v) is 4.95. The smallest absolute Gasteiger partial charge is 0.254 e. The molecule has 0 aliphatic heterocycles. The summed E-state index contributed by atoms with van der Waals surface area (Å²) in [6, 6.07) is 22.8. The Hall–Kier alpha value is -3.58. The van der Waals surface area contributed by atoms with Crippen molar-refractivity contribution in [2.24, 2.45) is 0 Å². The highest BCUT2D eigenvalue weighted by atomic mass is 32.2. The number of amides is 1. The number of fused-ring (bicyclic) bond motifs is 1. The summed E-state index contributed by atoms with van der Waals surface area (Å²) in [5.74, 6) is 0.160. The van der Waals surface area contributed by atoms with Gasteiger partial charge in [0.1, 0.15) is 5.82 Å². The first-order valence-corrected chi connectivity index (χ1v) is 11.8. The van der Waals surface area contributed by atoms with Crippen molar-refractivity contribution in [2.45, 2.75) is 24.1 Å². The number of carbonyl (C=O) groups excluding carboxylic acids is 1. The van der Waals surface area contributed by atoms with E-state index in [1.807, 2.05) is 31.2 Å². The molecule has 0 aliphatic carbocycles. The molecule has 0 bridgehead atoms. The predicted molar refractivity (Wildman–Crippen MR) is 124 cm³/mol. The van der Waals surface area contributed by atoms with Gasteiger partial charge in [0.05, 0.1) is 22.7 Å². The number of aryl methyl sites for hydroxylation is 1. The van der Waals surface area contributed by atoms with Crippen LogP contribution in [0.3, 0.4) is 0 Å². The van der Waals surface area contributed by atoms with Gasteiger partial charge < -0.3 is 4.90 Å². The van der Waals surface area contributed by atoms with E-state index in [0.29, 0.717) is 17.0 Å². The van der Waals surface area contributed by atoms with Crippen molar-refractivity contribution >= 4 is 26.6 Å². The summed E-state index contributed by atoms with van der Waals surface area (Å²) in [7, 11) is -1.81. The zero-order valence-corrected chi connectivity index (χ0v) is 18.7. The number of benzene rings is 3. The number of rotatable bonds is 6. The van der Waals surface area contributed by atoms with Crippen LogP contribution in [0, 0.1) is 6.92 Å². The normalized spacial score (nSPS) is 11.4. The molecule has 4 aromatic rings. The lowest BCUT2D eigenvalue weighted by Crippen LogP contribution is -2.27. The molecule has 162 valence electrons. The van der Waals surface area contributed by atoms with Gasteiger partial charge in [-0.1, -0.05) is 48.5 Å². The van der Waals surface area contributed by atoms with Crippen molar-refractivity contribution in [1.29, 1.82) is 0 Å². The average molecular weight is 446 g/mol. The van der Waals surface area contributed by atoms with E-state index in [2.05, 4.69) is 9.97 Å². The van der Waals surface area contributed by atoms with E-state index in [-0.39, 0.29) is 23.1 Å². The number of sulfone groups is 1. The van der Waals surface area contributed by atoms with Gasteiger partial charge >= 0.3 is 0 Å². The molecule has 0 spiro atoms. The Morgan fingerprint density at radius 2 is 1.62 bits per heavy atom. The third-order valence-electron chi connectivity index (χ3n) is 5.20. The summed E-state index contributed by atoms with van der Waals surface area (Å²) in [5, 5.41) is 0.984. The Morgan fingerprint density at radius 1 is 0.906 bits per heavy atom. The zero-order valence-electron chi connectivity index (χ0n) is 17.9. The molecule has 0 radical (unpaired) electrons. The van der Waals surface area contributed by atoms with Crippen molar-refractivity contribution in [1.82, 2.24) is 14.9 Å². The molecular weight excluding hydrogens is 422 g/mol. The maximum atomic E-state index is 13.0. The lowest BCUT2D eigenvalue weighted by atomic mass is 10.1. The van der Waals surface area contributed by atoms with Gasteiger partial charge in [-0.05, 0) is 42.8 Å². The van der Waals surface area contributed by atoms with Crippen LogP contribution in [0.25, 0.3) is 10.9 Å². The fourth-order valence-electron chi connectivity index (χ4n) is 3.59. The number of hydrogen-bond donors (Lipinski definition) is 0. The molecule has 0 N–H and O–H groups in total. The predicted octanol–water partition coefficient (Wildman–Crippen LogP) is 4.18. The van der Waals surface area contributed by atoms with E-state index in [4.69, 9.17) is 0 Å². The van der Waals surface area contributed by atoms with Crippen LogP contribution in [0.2, 0.25) is 0 Å². The molecule has 0 saturated heterocycles. The second-order valence-corrected chi connectivity index (χ2v) is 9.67. The number of para-hydroxylation sites is 1. The third-order valence-corrected chi connectivity index (χ3v) is 6.90. The number of aromatic nitrogens is 2. The van der Waals surface area contributed by atoms with Crippen molar-refractivity contribution in [3.05, 3.63) is 102 Å². The molecule has 0 unspecified atom stereocenters. The molecule has 1 heterocycles. The molecule has 0 atom stereocenters. The Morgan fingerprint density at radius 3 is 2.41 bits per heavy atom. The van der Waals surface area contributed by atoms with Gasteiger partial charge in [-0.2, -0.15) is 0 Å². The highest BCUT2D eigenvalue weighted by Gasteiger charge is 2.18. The van der Waals surface area contributed by atoms with Gasteiger partial charge in [-0.15, -0.1) is 0 Å². The lowest BCUT2D eigenvalue weighted by molar-refractivity contribution is 0.0781. The van der Waals surface area contributed by atoms with Crippen molar-refractivity contribution in [3.8, 4) is 0 Å². The molecule has 4 rings (SSSR count). The lowest BCUT2D eigenvalue weighted by Gasteiger charge is -2.17. The highest BCUT2D eigenvalue weighted by molar-refractivity contribution is 7.90. The molecular formula is C25H23N3O3S. The van der Waals surface area contributed by atoms with Crippen LogP contribution in [0.5, 0.6) is 0 Å². The molecule has 6 nitrogen and oxygen atoms in total. The Balaban J connectivity index is 1.52. The van der Waals surface area contributed by atoms with Crippen LogP contribution in [0.4, 0.5) is 0 Å². The first kappa shape index (κ1) is 21.6. The summed E-state index contributed by atoms with van der Waals surface area (Å²) >= 11 is 0. The molecule has 7 heteroatoms. The molecule has 0 saturated carbocycles. The SMILES string of the molecule is Cc1nc(CN(C)C(=O)c2cccc(CS(=O)(=O)c3ccccc3)c2)nc2ccccc12. The van der Waals surface area contributed by atoms with Crippen molar-refractivity contribution in [2.75, 3.05) is 7.05 Å². The minimum absolute atomic E-state index is 0.172. The highest BCUT2D eigenvalue weighted by Crippen LogP contribution is 2.19. The Kier molecular flexibility index (Phi) is 6.01. The summed E-state index contributed by atoms with van der Waals surface area (Å²) in [5.41, 5.74) is 2.68. The van der Waals surface area contributed by atoms with E-state index < -0.39 is 9.84 Å². The largest absolute Gasteiger partial charge is 0.334 e. The number of hydrogen-bond acceptors (Lipinski definition) is 5. The van der Waals surface area contributed by atoms with Crippen LogP contribution in [-0.2, 0) is 22.1 Å². The maximum Gasteiger partial charge on any atom is 0.254 e. The second-order valence-electron chi connectivity index (χ2n) is 7.68.